The molecule has 4 nitrogen and oxygen atoms in total. The topological polar surface area (TPSA) is 55.6 Å². The average Bonchev–Trinajstić information content (AvgIpc) is 2.72. The molecule has 0 spiro atoms. The van der Waals surface area contributed by atoms with Crippen LogP contribution in [0.4, 0.5) is 4.79 Å². The lowest BCUT2D eigenvalue weighted by Crippen LogP contribution is -2.53. The number of nitrogens with two attached hydrogens (primary N) is 1. The van der Waals surface area contributed by atoms with Crippen LogP contribution in [0, 0.1) is 5.92 Å². The van der Waals surface area contributed by atoms with Gasteiger partial charge < -0.3 is 15.4 Å². The Hall–Kier alpha value is -0.770. The van der Waals surface area contributed by atoms with E-state index in [9.17, 15) is 4.79 Å². The molecule has 2 N–H and O–H groups in total. The molecule has 1 heterocycles. The highest BCUT2D eigenvalue weighted by Gasteiger charge is 2.52. The molecule has 0 aromatic heterocycles. The van der Waals surface area contributed by atoms with Gasteiger partial charge in [-0.1, -0.05) is 0 Å². The Morgan fingerprint density at radius 3 is 2.75 bits per heavy atom. The Balaban J connectivity index is 2.08. The van der Waals surface area contributed by atoms with Crippen molar-refractivity contribution in [2.75, 3.05) is 13.1 Å². The van der Waals surface area contributed by atoms with E-state index in [-0.39, 0.29) is 11.6 Å². The van der Waals surface area contributed by atoms with Crippen LogP contribution in [0.1, 0.15) is 40.0 Å². The Morgan fingerprint density at radius 1 is 1.56 bits per heavy atom. The zero-order valence-corrected chi connectivity index (χ0v) is 10.5. The first kappa shape index (κ1) is 11.7. The van der Waals surface area contributed by atoms with Crippen LogP contribution in [0.2, 0.25) is 0 Å². The second-order valence-electron chi connectivity index (χ2n) is 6.13. The van der Waals surface area contributed by atoms with Crippen molar-refractivity contribution in [3.63, 3.8) is 0 Å². The fourth-order valence-corrected chi connectivity index (χ4v) is 2.95. The molecule has 0 aromatic carbocycles. The number of likely N-dealkylation sites (tertiary alicyclic amines) is 1. The highest BCUT2D eigenvalue weighted by Crippen LogP contribution is 2.46. The van der Waals surface area contributed by atoms with Gasteiger partial charge in [0.25, 0.3) is 0 Å². The van der Waals surface area contributed by atoms with Crippen LogP contribution in [-0.4, -0.2) is 35.2 Å². The van der Waals surface area contributed by atoms with E-state index in [2.05, 4.69) is 0 Å². The molecule has 0 unspecified atom stereocenters. The van der Waals surface area contributed by atoms with Gasteiger partial charge in [0, 0.05) is 13.1 Å². The summed E-state index contributed by atoms with van der Waals surface area (Å²) in [7, 11) is 0. The van der Waals surface area contributed by atoms with Gasteiger partial charge in [-0.25, -0.2) is 4.79 Å². The van der Waals surface area contributed by atoms with E-state index >= 15 is 0 Å². The Morgan fingerprint density at radius 2 is 2.25 bits per heavy atom. The molecule has 1 saturated heterocycles. The number of ether oxygens (including phenoxy) is 1. The van der Waals surface area contributed by atoms with Crippen molar-refractivity contribution < 1.29 is 9.53 Å². The maximum Gasteiger partial charge on any atom is 0.410 e. The van der Waals surface area contributed by atoms with E-state index in [0.717, 1.165) is 19.4 Å². The number of amides is 1. The van der Waals surface area contributed by atoms with E-state index < -0.39 is 5.60 Å². The summed E-state index contributed by atoms with van der Waals surface area (Å²) in [5.41, 5.74) is 5.32. The van der Waals surface area contributed by atoms with Gasteiger partial charge in [-0.2, -0.15) is 0 Å². The van der Waals surface area contributed by atoms with E-state index in [0.29, 0.717) is 12.5 Å². The van der Waals surface area contributed by atoms with Crippen LogP contribution >= 0.6 is 0 Å². The fourth-order valence-electron chi connectivity index (χ4n) is 2.95. The summed E-state index contributed by atoms with van der Waals surface area (Å²) in [5, 5.41) is 0. The smallest absolute Gasteiger partial charge is 0.410 e. The van der Waals surface area contributed by atoms with Crippen LogP contribution in [0.5, 0.6) is 0 Å². The van der Waals surface area contributed by atoms with Crippen molar-refractivity contribution in [1.29, 1.82) is 0 Å². The van der Waals surface area contributed by atoms with Crippen LogP contribution in [0.25, 0.3) is 0 Å². The predicted molar refractivity (Wildman–Crippen MR) is 62.1 cm³/mol. The molecule has 2 fully saturated rings. The van der Waals surface area contributed by atoms with Gasteiger partial charge >= 0.3 is 6.09 Å². The zero-order valence-electron chi connectivity index (χ0n) is 10.5. The molecule has 1 amide bonds. The molecular formula is C12H22N2O2. The molecule has 1 saturated carbocycles. The van der Waals surface area contributed by atoms with Crippen LogP contribution < -0.4 is 5.73 Å². The SMILES string of the molecule is CC(C)(C)OC(=O)N1C[C@H]2CC[C@@]1(CN)C2. The van der Waals surface area contributed by atoms with Crippen molar-refractivity contribution in [2.24, 2.45) is 11.7 Å². The first-order valence-electron chi connectivity index (χ1n) is 6.07. The van der Waals surface area contributed by atoms with Crippen LogP contribution in [0.15, 0.2) is 0 Å². The quantitative estimate of drug-likeness (QED) is 0.741. The van der Waals surface area contributed by atoms with Crippen molar-refractivity contribution in [2.45, 2.75) is 51.2 Å². The summed E-state index contributed by atoms with van der Waals surface area (Å²) < 4.78 is 5.43. The highest BCUT2D eigenvalue weighted by molar-refractivity contribution is 5.70. The predicted octanol–water partition coefficient (Wildman–Crippen LogP) is 1.73. The number of rotatable bonds is 1. The molecule has 2 bridgehead atoms. The number of carbonyl (C=O) groups excluding carboxylic acids is 1. The van der Waals surface area contributed by atoms with E-state index in [1.165, 1.54) is 6.42 Å². The number of fused-ring (bicyclic) bond motifs is 2. The second kappa shape index (κ2) is 3.62. The molecule has 0 radical (unpaired) electrons. The van der Waals surface area contributed by atoms with Crippen LogP contribution in [-0.2, 0) is 4.74 Å². The highest BCUT2D eigenvalue weighted by atomic mass is 16.6. The minimum atomic E-state index is -0.422. The maximum absolute atomic E-state index is 12.1. The first-order chi connectivity index (χ1) is 7.36. The summed E-state index contributed by atoms with van der Waals surface area (Å²) in [6.45, 7) is 7.08. The molecular weight excluding hydrogens is 204 g/mol. The van der Waals surface area contributed by atoms with Gasteiger partial charge in [0.1, 0.15) is 5.60 Å². The standard InChI is InChI=1S/C12H22N2O2/c1-11(2,3)16-10(15)14-7-9-4-5-12(14,6-9)8-13/h9H,4-8,13H2,1-3H3/t9-,12-/m0/s1. The van der Waals surface area contributed by atoms with Gasteiger partial charge in [0.05, 0.1) is 5.54 Å². The van der Waals surface area contributed by atoms with Crippen molar-refractivity contribution >= 4 is 6.09 Å². The fraction of sp³-hybridized carbons (Fsp3) is 0.917. The van der Waals surface area contributed by atoms with Crippen molar-refractivity contribution in [3.05, 3.63) is 0 Å². The Kier molecular flexibility index (Phi) is 2.65. The number of carbonyl (C=O) groups is 1. The largest absolute Gasteiger partial charge is 0.444 e. The van der Waals surface area contributed by atoms with Gasteiger partial charge in [0.2, 0.25) is 0 Å². The molecule has 1 aliphatic heterocycles. The number of hydrogen-bond acceptors (Lipinski definition) is 3. The lowest BCUT2D eigenvalue weighted by atomic mass is 9.98. The summed E-state index contributed by atoms with van der Waals surface area (Å²) in [6.07, 6.45) is 3.10. The molecule has 2 aliphatic rings. The third-order valence-electron chi connectivity index (χ3n) is 3.69. The average molecular weight is 226 g/mol. The van der Waals surface area contributed by atoms with Gasteiger partial charge in [-0.05, 0) is 46.0 Å². The minimum Gasteiger partial charge on any atom is -0.444 e. The molecule has 92 valence electrons. The van der Waals surface area contributed by atoms with Gasteiger partial charge in [0.15, 0.2) is 0 Å². The minimum absolute atomic E-state index is 0.104. The van der Waals surface area contributed by atoms with E-state index in [1.807, 2.05) is 25.7 Å². The summed E-state index contributed by atoms with van der Waals surface area (Å²) in [6, 6.07) is 0. The molecule has 0 aromatic rings. The number of nitrogens with zero attached hydrogens (tertiary/aromatic N) is 1. The number of hydrogen-bond donors (Lipinski definition) is 1. The van der Waals surface area contributed by atoms with Crippen molar-refractivity contribution in [3.8, 4) is 0 Å². The molecule has 1 aliphatic carbocycles. The monoisotopic (exact) mass is 226 g/mol. The molecule has 2 atom stereocenters. The summed E-state index contributed by atoms with van der Waals surface area (Å²) in [5.74, 6) is 0.635. The lowest BCUT2D eigenvalue weighted by Gasteiger charge is -2.38. The maximum atomic E-state index is 12.1. The van der Waals surface area contributed by atoms with Crippen molar-refractivity contribution in [1.82, 2.24) is 4.90 Å². The molecule has 16 heavy (non-hydrogen) atoms. The zero-order chi connectivity index (χ0) is 12.0. The Labute approximate surface area is 97.1 Å². The second-order valence-corrected chi connectivity index (χ2v) is 6.13. The summed E-state index contributed by atoms with van der Waals surface area (Å²) in [4.78, 5) is 13.9. The third-order valence-corrected chi connectivity index (χ3v) is 3.69. The van der Waals surface area contributed by atoms with E-state index in [4.69, 9.17) is 10.5 Å². The molecule has 2 rings (SSSR count). The summed E-state index contributed by atoms with van der Waals surface area (Å²) >= 11 is 0. The number of piperidine rings is 1. The normalized spacial score (nSPS) is 33.2. The van der Waals surface area contributed by atoms with Gasteiger partial charge in [-0.15, -0.1) is 0 Å². The first-order valence-corrected chi connectivity index (χ1v) is 6.07. The lowest BCUT2D eigenvalue weighted by molar-refractivity contribution is 0.00456. The molecule has 4 heteroatoms. The van der Waals surface area contributed by atoms with E-state index in [1.54, 1.807) is 0 Å². The Bertz CT molecular complexity index is 298. The third kappa shape index (κ3) is 1.90. The van der Waals surface area contributed by atoms with Gasteiger partial charge in [-0.3, -0.25) is 0 Å². The van der Waals surface area contributed by atoms with Crippen LogP contribution in [0.3, 0.4) is 0 Å².